The normalized spacial score (nSPS) is 13.9. The molecule has 0 bridgehead atoms. The van der Waals surface area contributed by atoms with Crippen molar-refractivity contribution in [2.24, 2.45) is 7.05 Å². The van der Waals surface area contributed by atoms with Gasteiger partial charge >= 0.3 is 0 Å². The fourth-order valence-corrected chi connectivity index (χ4v) is 2.29. The predicted molar refractivity (Wildman–Crippen MR) is 64.9 cm³/mol. The van der Waals surface area contributed by atoms with Gasteiger partial charge in [-0.05, 0) is 13.3 Å². The number of aliphatic hydroxyl groups excluding tert-OH is 1. The number of aryl methyl sites for hydroxylation is 2. The molecule has 0 fully saturated rings. The molecule has 0 saturated heterocycles. The second kappa shape index (κ2) is 5.61. The molecule has 0 aliphatic carbocycles. The lowest BCUT2D eigenvalue weighted by Crippen LogP contribution is -2.34. The van der Waals surface area contributed by atoms with Crippen molar-refractivity contribution in [1.82, 2.24) is 14.5 Å². The van der Waals surface area contributed by atoms with Crippen LogP contribution in [0.3, 0.4) is 0 Å². The molecule has 0 amide bonds. The van der Waals surface area contributed by atoms with Crippen LogP contribution in [-0.4, -0.2) is 35.2 Å². The highest BCUT2D eigenvalue weighted by molar-refractivity contribution is 7.90. The molecule has 1 atom stereocenters. The van der Waals surface area contributed by atoms with Gasteiger partial charge < -0.3 is 5.11 Å². The van der Waals surface area contributed by atoms with Gasteiger partial charge in [-0.2, -0.15) is 5.10 Å². The van der Waals surface area contributed by atoms with E-state index in [0.29, 0.717) is 0 Å². The van der Waals surface area contributed by atoms with E-state index in [1.165, 1.54) is 6.92 Å². The number of aromatic nitrogens is 2. The molecular weight excluding hydrogens is 242 g/mol. The standard InChI is InChI=1S/C10H19N3O3S/c1-4-10-9(6-13(3)12-10)5-11-17(15,16)8(2)7-14/h6,8,11,14H,4-5,7H2,1-3H3. The number of sulfonamides is 1. The van der Waals surface area contributed by atoms with Crippen LogP contribution in [0.2, 0.25) is 0 Å². The molecule has 0 spiro atoms. The van der Waals surface area contributed by atoms with Crippen molar-refractivity contribution in [1.29, 1.82) is 0 Å². The zero-order chi connectivity index (χ0) is 13.1. The average molecular weight is 261 g/mol. The van der Waals surface area contributed by atoms with Crippen LogP contribution in [-0.2, 0) is 30.0 Å². The van der Waals surface area contributed by atoms with E-state index in [2.05, 4.69) is 9.82 Å². The first-order valence-electron chi connectivity index (χ1n) is 5.51. The van der Waals surface area contributed by atoms with Gasteiger partial charge in [-0.25, -0.2) is 13.1 Å². The highest BCUT2D eigenvalue weighted by atomic mass is 32.2. The van der Waals surface area contributed by atoms with Gasteiger partial charge in [0.15, 0.2) is 0 Å². The van der Waals surface area contributed by atoms with Gasteiger partial charge in [0.2, 0.25) is 10.0 Å². The summed E-state index contributed by atoms with van der Waals surface area (Å²) in [5, 5.41) is 12.3. The molecule has 0 radical (unpaired) electrons. The lowest BCUT2D eigenvalue weighted by atomic mass is 10.2. The van der Waals surface area contributed by atoms with E-state index >= 15 is 0 Å². The monoisotopic (exact) mass is 261 g/mol. The largest absolute Gasteiger partial charge is 0.395 e. The Morgan fingerprint density at radius 3 is 2.76 bits per heavy atom. The number of nitrogens with zero attached hydrogens (tertiary/aromatic N) is 2. The molecule has 0 aliphatic rings. The molecule has 1 heterocycles. The molecule has 17 heavy (non-hydrogen) atoms. The molecule has 0 aliphatic heterocycles. The number of hydrogen-bond acceptors (Lipinski definition) is 4. The molecule has 1 aromatic rings. The van der Waals surface area contributed by atoms with Crippen molar-refractivity contribution in [3.8, 4) is 0 Å². The fraction of sp³-hybridized carbons (Fsp3) is 0.700. The van der Waals surface area contributed by atoms with E-state index in [4.69, 9.17) is 5.11 Å². The highest BCUT2D eigenvalue weighted by Gasteiger charge is 2.19. The second-order valence-corrected chi connectivity index (χ2v) is 6.17. The van der Waals surface area contributed by atoms with E-state index in [1.54, 1.807) is 17.9 Å². The zero-order valence-corrected chi connectivity index (χ0v) is 11.2. The summed E-state index contributed by atoms with van der Waals surface area (Å²) in [6.45, 7) is 3.26. The molecule has 6 nitrogen and oxygen atoms in total. The van der Waals surface area contributed by atoms with E-state index in [1.807, 2.05) is 6.92 Å². The Kier molecular flexibility index (Phi) is 4.67. The average Bonchev–Trinajstić information content (AvgIpc) is 2.66. The second-order valence-electron chi connectivity index (χ2n) is 3.99. The van der Waals surface area contributed by atoms with Gasteiger partial charge in [-0.1, -0.05) is 6.92 Å². The Labute approximate surface area is 102 Å². The third-order valence-corrected chi connectivity index (χ3v) is 4.33. The maximum atomic E-state index is 11.6. The van der Waals surface area contributed by atoms with E-state index < -0.39 is 15.3 Å². The van der Waals surface area contributed by atoms with Crippen molar-refractivity contribution in [2.45, 2.75) is 32.1 Å². The van der Waals surface area contributed by atoms with Crippen LogP contribution in [0, 0.1) is 0 Å². The van der Waals surface area contributed by atoms with Crippen LogP contribution in [0.15, 0.2) is 6.20 Å². The third-order valence-electron chi connectivity index (χ3n) is 2.58. The summed E-state index contributed by atoms with van der Waals surface area (Å²) in [6, 6.07) is 0. The zero-order valence-electron chi connectivity index (χ0n) is 10.3. The minimum atomic E-state index is -3.46. The molecule has 98 valence electrons. The lowest BCUT2D eigenvalue weighted by Gasteiger charge is -2.10. The summed E-state index contributed by atoms with van der Waals surface area (Å²) in [5.41, 5.74) is 1.75. The Hall–Kier alpha value is -0.920. The van der Waals surface area contributed by atoms with Gasteiger partial charge in [0, 0.05) is 25.4 Å². The first kappa shape index (κ1) is 14.1. The smallest absolute Gasteiger partial charge is 0.216 e. The van der Waals surface area contributed by atoms with Crippen molar-refractivity contribution in [3.63, 3.8) is 0 Å². The maximum absolute atomic E-state index is 11.6. The van der Waals surface area contributed by atoms with Gasteiger partial charge in [0.25, 0.3) is 0 Å². The molecule has 7 heteroatoms. The summed E-state index contributed by atoms with van der Waals surface area (Å²) in [6.07, 6.45) is 2.55. The van der Waals surface area contributed by atoms with Crippen LogP contribution in [0.5, 0.6) is 0 Å². The van der Waals surface area contributed by atoms with Gasteiger partial charge in [-0.3, -0.25) is 4.68 Å². The van der Waals surface area contributed by atoms with E-state index in [9.17, 15) is 8.42 Å². The number of aliphatic hydroxyl groups is 1. The summed E-state index contributed by atoms with van der Waals surface area (Å²) in [4.78, 5) is 0. The molecule has 2 N–H and O–H groups in total. The van der Waals surface area contributed by atoms with Crippen molar-refractivity contribution in [3.05, 3.63) is 17.5 Å². The number of rotatable bonds is 6. The summed E-state index contributed by atoms with van der Waals surface area (Å²) >= 11 is 0. The molecule has 0 aromatic carbocycles. The third kappa shape index (κ3) is 3.52. The van der Waals surface area contributed by atoms with Gasteiger partial charge in [-0.15, -0.1) is 0 Å². The van der Waals surface area contributed by atoms with Crippen LogP contribution in [0.25, 0.3) is 0 Å². The van der Waals surface area contributed by atoms with Crippen molar-refractivity contribution >= 4 is 10.0 Å². The van der Waals surface area contributed by atoms with Crippen molar-refractivity contribution in [2.75, 3.05) is 6.61 Å². The quantitative estimate of drug-likeness (QED) is 0.741. The Balaban J connectivity index is 2.73. The minimum Gasteiger partial charge on any atom is -0.395 e. The minimum absolute atomic E-state index is 0.212. The van der Waals surface area contributed by atoms with Gasteiger partial charge in [0.1, 0.15) is 0 Å². The maximum Gasteiger partial charge on any atom is 0.216 e. The van der Waals surface area contributed by atoms with Crippen LogP contribution < -0.4 is 4.72 Å². The van der Waals surface area contributed by atoms with Crippen LogP contribution in [0.4, 0.5) is 0 Å². The van der Waals surface area contributed by atoms with Crippen LogP contribution in [0.1, 0.15) is 25.1 Å². The predicted octanol–water partition coefficient (Wildman–Crippen LogP) is -0.217. The highest BCUT2D eigenvalue weighted by Crippen LogP contribution is 2.08. The first-order chi connectivity index (χ1) is 7.90. The van der Waals surface area contributed by atoms with Gasteiger partial charge in [0.05, 0.1) is 17.6 Å². The molecule has 0 saturated carbocycles. The first-order valence-corrected chi connectivity index (χ1v) is 7.06. The van der Waals surface area contributed by atoms with Crippen LogP contribution >= 0.6 is 0 Å². The summed E-state index contributed by atoms with van der Waals surface area (Å²) in [5.74, 6) is 0. The molecular formula is C10H19N3O3S. The fourth-order valence-electron chi connectivity index (χ4n) is 1.45. The van der Waals surface area contributed by atoms with E-state index in [0.717, 1.165) is 17.7 Å². The van der Waals surface area contributed by atoms with Crippen molar-refractivity contribution < 1.29 is 13.5 Å². The number of hydrogen-bond donors (Lipinski definition) is 2. The molecule has 1 rings (SSSR count). The Morgan fingerprint density at radius 1 is 1.59 bits per heavy atom. The lowest BCUT2D eigenvalue weighted by molar-refractivity contribution is 0.294. The number of nitrogens with one attached hydrogen (secondary N) is 1. The topological polar surface area (TPSA) is 84.2 Å². The Morgan fingerprint density at radius 2 is 2.24 bits per heavy atom. The summed E-state index contributed by atoms with van der Waals surface area (Å²) in [7, 11) is -1.66. The SMILES string of the molecule is CCc1nn(C)cc1CNS(=O)(=O)C(C)CO. The molecule has 1 aromatic heterocycles. The Bertz CT molecular complexity index is 467. The van der Waals surface area contributed by atoms with E-state index in [-0.39, 0.29) is 13.2 Å². The summed E-state index contributed by atoms with van der Waals surface area (Å²) < 4.78 is 27.4. The molecule has 1 unspecified atom stereocenters.